The maximum Gasteiger partial charge on any atom is 0.341 e. The van der Waals surface area contributed by atoms with Crippen molar-refractivity contribution in [2.24, 2.45) is 0 Å². The first kappa shape index (κ1) is 10.1. The fourth-order valence-corrected chi connectivity index (χ4v) is 1.27. The van der Waals surface area contributed by atoms with Crippen LogP contribution in [0.5, 0.6) is 5.75 Å². The molecule has 0 bridgehead atoms. The molecule has 0 radical (unpaired) electrons. The lowest BCUT2D eigenvalue weighted by Crippen LogP contribution is -2.03. The third-order valence-electron chi connectivity index (χ3n) is 1.49. The van der Waals surface area contributed by atoms with Crippen LogP contribution in [-0.4, -0.2) is 13.1 Å². The van der Waals surface area contributed by atoms with E-state index in [9.17, 15) is 4.79 Å². The number of methoxy groups -OCH3 is 1. The standard InChI is InChI=1S/C8H8INO3/c1-12-8(11)6-4-5(10)2-3-7(6)13-9/h2-4H,10H2,1H3. The van der Waals surface area contributed by atoms with Crippen molar-refractivity contribution in [1.82, 2.24) is 0 Å². The van der Waals surface area contributed by atoms with Crippen LogP contribution in [0.3, 0.4) is 0 Å². The Morgan fingerprint density at radius 3 is 2.77 bits per heavy atom. The van der Waals surface area contributed by atoms with Crippen LogP contribution in [0.15, 0.2) is 18.2 Å². The second-order valence-corrected chi connectivity index (χ2v) is 2.76. The van der Waals surface area contributed by atoms with Crippen LogP contribution >= 0.6 is 23.0 Å². The van der Waals surface area contributed by atoms with Crippen LogP contribution in [0.2, 0.25) is 0 Å². The average molecular weight is 293 g/mol. The van der Waals surface area contributed by atoms with Gasteiger partial charge in [0.2, 0.25) is 0 Å². The third-order valence-corrected chi connectivity index (χ3v) is 1.97. The monoisotopic (exact) mass is 293 g/mol. The molecule has 4 nitrogen and oxygen atoms in total. The van der Waals surface area contributed by atoms with E-state index in [0.29, 0.717) is 17.0 Å². The van der Waals surface area contributed by atoms with Crippen molar-refractivity contribution in [3.05, 3.63) is 23.8 Å². The molecular weight excluding hydrogens is 285 g/mol. The molecule has 1 aromatic rings. The topological polar surface area (TPSA) is 61.5 Å². The Kier molecular flexibility index (Phi) is 3.35. The molecule has 0 spiro atoms. The van der Waals surface area contributed by atoms with E-state index in [4.69, 9.17) is 8.80 Å². The van der Waals surface area contributed by atoms with E-state index in [1.54, 1.807) is 35.1 Å². The number of hydrogen-bond acceptors (Lipinski definition) is 4. The van der Waals surface area contributed by atoms with Gasteiger partial charge in [-0.2, -0.15) is 0 Å². The summed E-state index contributed by atoms with van der Waals surface area (Å²) in [5, 5.41) is 0. The van der Waals surface area contributed by atoms with Crippen LogP contribution in [0.1, 0.15) is 10.4 Å². The van der Waals surface area contributed by atoms with Gasteiger partial charge in [0.15, 0.2) is 23.0 Å². The number of hydrogen-bond donors (Lipinski definition) is 1. The van der Waals surface area contributed by atoms with Crippen molar-refractivity contribution in [1.29, 1.82) is 0 Å². The molecule has 0 aliphatic heterocycles. The van der Waals surface area contributed by atoms with Gasteiger partial charge in [-0.1, -0.05) is 0 Å². The van der Waals surface area contributed by atoms with Gasteiger partial charge in [0.1, 0.15) is 11.3 Å². The van der Waals surface area contributed by atoms with Gasteiger partial charge >= 0.3 is 5.97 Å². The molecule has 5 heteroatoms. The molecule has 0 aliphatic rings. The normalized spacial score (nSPS) is 9.38. The maximum absolute atomic E-state index is 11.2. The summed E-state index contributed by atoms with van der Waals surface area (Å²) in [5.74, 6) is -0.0133. The lowest BCUT2D eigenvalue weighted by atomic mass is 10.2. The summed E-state index contributed by atoms with van der Waals surface area (Å²) in [6.45, 7) is 0. The van der Waals surface area contributed by atoms with E-state index < -0.39 is 5.97 Å². The van der Waals surface area contributed by atoms with Gasteiger partial charge in [-0.15, -0.1) is 0 Å². The number of anilines is 1. The molecule has 13 heavy (non-hydrogen) atoms. The van der Waals surface area contributed by atoms with Crippen molar-refractivity contribution in [2.75, 3.05) is 12.8 Å². The Balaban J connectivity index is 3.15. The summed E-state index contributed by atoms with van der Waals surface area (Å²) in [5.41, 5.74) is 6.34. The number of benzene rings is 1. The summed E-state index contributed by atoms with van der Waals surface area (Å²) in [7, 11) is 1.31. The highest BCUT2D eigenvalue weighted by atomic mass is 127. The lowest BCUT2D eigenvalue weighted by molar-refractivity contribution is 0.0599. The third kappa shape index (κ3) is 2.24. The number of nitrogens with two attached hydrogens (primary N) is 1. The summed E-state index contributed by atoms with van der Waals surface area (Å²) in [6, 6.07) is 4.79. The lowest BCUT2D eigenvalue weighted by Gasteiger charge is -2.05. The van der Waals surface area contributed by atoms with Gasteiger partial charge in [-0.05, 0) is 18.2 Å². The van der Waals surface area contributed by atoms with Crippen LogP contribution in [0.25, 0.3) is 0 Å². The van der Waals surface area contributed by atoms with E-state index in [2.05, 4.69) is 4.74 Å². The molecular formula is C8H8INO3. The molecule has 0 atom stereocenters. The molecule has 0 aromatic heterocycles. The highest BCUT2D eigenvalue weighted by Gasteiger charge is 2.12. The molecule has 0 saturated carbocycles. The van der Waals surface area contributed by atoms with Gasteiger partial charge in [0.25, 0.3) is 0 Å². The van der Waals surface area contributed by atoms with E-state index in [1.165, 1.54) is 13.2 Å². The largest absolute Gasteiger partial charge is 0.465 e. The molecule has 0 amide bonds. The number of carbonyl (C=O) groups excluding carboxylic acids is 1. The van der Waals surface area contributed by atoms with Crippen molar-refractivity contribution in [2.45, 2.75) is 0 Å². The van der Waals surface area contributed by atoms with Gasteiger partial charge in [-0.25, -0.2) is 4.79 Å². The van der Waals surface area contributed by atoms with Crippen LogP contribution in [0.4, 0.5) is 5.69 Å². The zero-order valence-electron chi connectivity index (χ0n) is 6.91. The van der Waals surface area contributed by atoms with Gasteiger partial charge in [-0.3, -0.25) is 0 Å². The Bertz CT molecular complexity index is 327. The molecule has 0 fully saturated rings. The highest BCUT2D eigenvalue weighted by Crippen LogP contribution is 2.23. The maximum atomic E-state index is 11.2. The minimum absolute atomic E-state index is 0.330. The number of esters is 1. The Labute approximate surface area is 89.7 Å². The molecule has 0 unspecified atom stereocenters. The van der Waals surface area contributed by atoms with E-state index in [-0.39, 0.29) is 0 Å². The fourth-order valence-electron chi connectivity index (χ4n) is 0.884. The molecule has 0 aliphatic carbocycles. The SMILES string of the molecule is COC(=O)c1cc(N)ccc1OI. The van der Waals surface area contributed by atoms with Crippen LogP contribution in [0, 0.1) is 0 Å². The number of rotatable bonds is 2. The molecule has 70 valence electrons. The van der Waals surface area contributed by atoms with Crippen molar-refractivity contribution < 1.29 is 12.6 Å². The quantitative estimate of drug-likeness (QED) is 0.513. The van der Waals surface area contributed by atoms with E-state index in [0.717, 1.165) is 0 Å². The number of halogens is 1. The Hall–Kier alpha value is -0.980. The number of ether oxygens (including phenoxy) is 1. The average Bonchev–Trinajstić information content (AvgIpc) is 2.16. The van der Waals surface area contributed by atoms with E-state index in [1.807, 2.05) is 0 Å². The first-order valence-corrected chi connectivity index (χ1v) is 4.33. The van der Waals surface area contributed by atoms with E-state index >= 15 is 0 Å². The number of carbonyl (C=O) groups is 1. The first-order valence-electron chi connectivity index (χ1n) is 3.45. The molecule has 1 aromatic carbocycles. The first-order chi connectivity index (χ1) is 6.19. The second-order valence-electron chi connectivity index (χ2n) is 2.32. The summed E-state index contributed by atoms with van der Waals surface area (Å²) < 4.78 is 9.49. The Morgan fingerprint density at radius 2 is 2.23 bits per heavy atom. The summed E-state index contributed by atoms with van der Waals surface area (Å²) in [4.78, 5) is 11.2. The predicted molar refractivity (Wildman–Crippen MR) is 56.8 cm³/mol. The van der Waals surface area contributed by atoms with Crippen molar-refractivity contribution in [3.63, 3.8) is 0 Å². The van der Waals surface area contributed by atoms with Crippen LogP contribution < -0.4 is 8.80 Å². The highest BCUT2D eigenvalue weighted by molar-refractivity contribution is 14.1. The van der Waals surface area contributed by atoms with Crippen LogP contribution in [-0.2, 0) is 4.74 Å². The summed E-state index contributed by atoms with van der Waals surface area (Å²) in [6.07, 6.45) is 0. The van der Waals surface area contributed by atoms with Gasteiger partial charge in [0, 0.05) is 5.69 Å². The second kappa shape index (κ2) is 4.31. The Morgan fingerprint density at radius 1 is 1.54 bits per heavy atom. The van der Waals surface area contributed by atoms with Gasteiger partial charge in [0.05, 0.1) is 7.11 Å². The minimum Gasteiger partial charge on any atom is -0.465 e. The zero-order chi connectivity index (χ0) is 9.84. The van der Waals surface area contributed by atoms with Gasteiger partial charge < -0.3 is 13.5 Å². The smallest absolute Gasteiger partial charge is 0.341 e. The van der Waals surface area contributed by atoms with Crippen molar-refractivity contribution in [3.8, 4) is 5.75 Å². The molecule has 0 saturated heterocycles. The molecule has 1 rings (SSSR count). The summed E-state index contributed by atoms with van der Waals surface area (Å²) >= 11 is 1.69. The molecule has 2 N–H and O–H groups in total. The zero-order valence-corrected chi connectivity index (χ0v) is 9.07. The fraction of sp³-hybridized carbons (Fsp3) is 0.125. The molecule has 0 heterocycles. The van der Waals surface area contributed by atoms with Crippen molar-refractivity contribution >= 4 is 34.7 Å². The number of nitrogen functional groups attached to an aromatic ring is 1. The predicted octanol–water partition coefficient (Wildman–Crippen LogP) is 1.78. The minimum atomic E-state index is -0.459.